The zero-order chi connectivity index (χ0) is 15.9. The quantitative estimate of drug-likeness (QED) is 0.513. The van der Waals surface area contributed by atoms with E-state index in [1.165, 1.54) is 0 Å². The standard InChI is InChI=1S/C14H23O6P/c1-5-17-14(15)13(10-12-9-8-11(4)20-12)21(16,18-6-2)19-7-3/h8-9,13H,5-7,10H2,1-4H3. The number of rotatable bonds is 9. The van der Waals surface area contributed by atoms with Gasteiger partial charge in [0.15, 0.2) is 5.66 Å². The van der Waals surface area contributed by atoms with Crippen molar-refractivity contribution in [1.82, 2.24) is 0 Å². The molecule has 0 fully saturated rings. The molecule has 0 spiro atoms. The summed E-state index contributed by atoms with van der Waals surface area (Å²) in [7, 11) is -3.61. The van der Waals surface area contributed by atoms with Crippen LogP contribution >= 0.6 is 7.60 Å². The van der Waals surface area contributed by atoms with Crippen molar-refractivity contribution in [2.45, 2.75) is 39.8 Å². The molecule has 0 radical (unpaired) electrons. The van der Waals surface area contributed by atoms with Crippen LogP contribution in [0.3, 0.4) is 0 Å². The maximum Gasteiger partial charge on any atom is 0.345 e. The van der Waals surface area contributed by atoms with Crippen molar-refractivity contribution in [1.29, 1.82) is 0 Å². The van der Waals surface area contributed by atoms with Gasteiger partial charge in [-0.25, -0.2) is 0 Å². The Labute approximate surface area is 125 Å². The van der Waals surface area contributed by atoms with Crippen LogP contribution in [0.4, 0.5) is 0 Å². The molecule has 1 aromatic heterocycles. The average Bonchev–Trinajstić information content (AvgIpc) is 2.82. The van der Waals surface area contributed by atoms with Gasteiger partial charge in [0, 0.05) is 6.42 Å². The van der Waals surface area contributed by atoms with Crippen molar-refractivity contribution in [3.63, 3.8) is 0 Å². The third-order valence-electron chi connectivity index (χ3n) is 2.75. The largest absolute Gasteiger partial charge is 0.466 e. The van der Waals surface area contributed by atoms with Crippen molar-refractivity contribution in [2.75, 3.05) is 19.8 Å². The number of esters is 1. The lowest BCUT2D eigenvalue weighted by atomic mass is 10.2. The molecule has 1 unspecified atom stereocenters. The zero-order valence-electron chi connectivity index (χ0n) is 13.0. The lowest BCUT2D eigenvalue weighted by Crippen LogP contribution is -2.28. The summed E-state index contributed by atoms with van der Waals surface area (Å²) in [5, 5.41) is 0. The number of hydrogen-bond acceptors (Lipinski definition) is 6. The van der Waals surface area contributed by atoms with Gasteiger partial charge in [-0.2, -0.15) is 0 Å². The first-order chi connectivity index (χ1) is 9.96. The molecule has 0 aromatic carbocycles. The second kappa shape index (κ2) is 8.37. The molecule has 0 amide bonds. The van der Waals surface area contributed by atoms with E-state index < -0.39 is 19.2 Å². The number of carbonyl (C=O) groups excluding carboxylic acids is 1. The summed E-state index contributed by atoms with van der Waals surface area (Å²) in [6.45, 7) is 7.46. The molecule has 6 nitrogen and oxygen atoms in total. The topological polar surface area (TPSA) is 75.0 Å². The van der Waals surface area contributed by atoms with Gasteiger partial charge in [-0.1, -0.05) is 0 Å². The minimum Gasteiger partial charge on any atom is -0.466 e. The lowest BCUT2D eigenvalue weighted by molar-refractivity contribution is -0.143. The Balaban J connectivity index is 3.04. The smallest absolute Gasteiger partial charge is 0.345 e. The van der Waals surface area contributed by atoms with Crippen LogP contribution < -0.4 is 0 Å². The first-order valence-corrected chi connectivity index (χ1v) is 8.68. The van der Waals surface area contributed by atoms with E-state index in [0.717, 1.165) is 5.76 Å². The average molecular weight is 318 g/mol. The van der Waals surface area contributed by atoms with Crippen LogP contribution in [0.25, 0.3) is 0 Å². The van der Waals surface area contributed by atoms with Gasteiger partial charge in [0.2, 0.25) is 0 Å². The first kappa shape index (κ1) is 18.0. The number of hydrogen-bond donors (Lipinski definition) is 0. The van der Waals surface area contributed by atoms with E-state index >= 15 is 0 Å². The van der Waals surface area contributed by atoms with Crippen molar-refractivity contribution in [3.05, 3.63) is 23.7 Å². The highest BCUT2D eigenvalue weighted by Gasteiger charge is 2.42. The molecule has 120 valence electrons. The van der Waals surface area contributed by atoms with E-state index in [1.807, 2.05) is 0 Å². The van der Waals surface area contributed by atoms with Crippen molar-refractivity contribution in [2.24, 2.45) is 0 Å². The molecule has 1 rings (SSSR count). The molecule has 0 aliphatic carbocycles. The van der Waals surface area contributed by atoms with Gasteiger partial charge in [0.25, 0.3) is 0 Å². The number of furan rings is 1. The molecule has 0 aliphatic heterocycles. The third kappa shape index (κ3) is 4.99. The van der Waals surface area contributed by atoms with Gasteiger partial charge < -0.3 is 18.2 Å². The van der Waals surface area contributed by atoms with Crippen LogP contribution in [0.2, 0.25) is 0 Å². The molecule has 0 saturated heterocycles. The van der Waals surface area contributed by atoms with Gasteiger partial charge in [-0.05, 0) is 39.8 Å². The Kier molecular flexibility index (Phi) is 7.15. The van der Waals surface area contributed by atoms with E-state index in [1.54, 1.807) is 39.8 Å². The highest BCUT2D eigenvalue weighted by atomic mass is 31.2. The van der Waals surface area contributed by atoms with Crippen molar-refractivity contribution < 1.29 is 27.6 Å². The number of aryl methyl sites for hydroxylation is 1. The molecule has 1 aromatic rings. The van der Waals surface area contributed by atoms with Crippen LogP contribution in [0, 0.1) is 6.92 Å². The van der Waals surface area contributed by atoms with Crippen LogP contribution in [0.5, 0.6) is 0 Å². The van der Waals surface area contributed by atoms with Gasteiger partial charge in [0.1, 0.15) is 11.5 Å². The second-order valence-corrected chi connectivity index (χ2v) is 6.58. The van der Waals surface area contributed by atoms with E-state index in [4.69, 9.17) is 18.2 Å². The Morgan fingerprint density at radius 1 is 1.19 bits per heavy atom. The summed E-state index contributed by atoms with van der Waals surface area (Å²) in [6, 6.07) is 3.52. The molecule has 0 saturated carbocycles. The van der Waals surface area contributed by atoms with Gasteiger partial charge >= 0.3 is 13.6 Å². The predicted octanol–water partition coefficient (Wildman–Crippen LogP) is 3.33. The molecular formula is C14H23O6P. The first-order valence-electron chi connectivity index (χ1n) is 7.07. The van der Waals surface area contributed by atoms with E-state index in [9.17, 15) is 9.36 Å². The van der Waals surface area contributed by atoms with Crippen LogP contribution in [-0.4, -0.2) is 31.4 Å². The van der Waals surface area contributed by atoms with Gasteiger partial charge in [-0.3, -0.25) is 9.36 Å². The zero-order valence-corrected chi connectivity index (χ0v) is 13.9. The molecule has 1 heterocycles. The number of carbonyl (C=O) groups is 1. The fraction of sp³-hybridized carbons (Fsp3) is 0.643. The molecule has 0 N–H and O–H groups in total. The Bertz CT molecular complexity index is 485. The lowest BCUT2D eigenvalue weighted by Gasteiger charge is -2.24. The fourth-order valence-corrected chi connectivity index (χ4v) is 3.82. The summed E-state index contributed by atoms with van der Waals surface area (Å²) in [6.07, 6.45) is 0.115. The Morgan fingerprint density at radius 2 is 1.81 bits per heavy atom. The normalized spacial score (nSPS) is 13.1. The second-order valence-electron chi connectivity index (χ2n) is 4.36. The summed E-state index contributed by atoms with van der Waals surface area (Å²) in [5.41, 5.74) is -1.03. The Hall–Kier alpha value is -1.10. The van der Waals surface area contributed by atoms with Gasteiger partial charge in [-0.15, -0.1) is 0 Å². The van der Waals surface area contributed by atoms with E-state index in [0.29, 0.717) is 5.76 Å². The minimum absolute atomic E-state index is 0.115. The molecule has 21 heavy (non-hydrogen) atoms. The molecular weight excluding hydrogens is 295 g/mol. The maximum absolute atomic E-state index is 12.9. The third-order valence-corrected chi connectivity index (χ3v) is 5.14. The molecule has 0 aliphatic rings. The summed E-state index contributed by atoms with van der Waals surface area (Å²) < 4.78 is 33.9. The molecule has 0 bridgehead atoms. The van der Waals surface area contributed by atoms with Crippen LogP contribution in [-0.2, 0) is 29.6 Å². The highest BCUT2D eigenvalue weighted by molar-refractivity contribution is 7.55. The summed E-state index contributed by atoms with van der Waals surface area (Å²) >= 11 is 0. The van der Waals surface area contributed by atoms with E-state index in [-0.39, 0.29) is 26.2 Å². The SMILES string of the molecule is CCOC(=O)C(Cc1ccc(C)o1)P(=O)(OCC)OCC. The van der Waals surface area contributed by atoms with E-state index in [2.05, 4.69) is 0 Å². The Morgan fingerprint density at radius 3 is 2.24 bits per heavy atom. The number of ether oxygens (including phenoxy) is 1. The van der Waals surface area contributed by atoms with Crippen LogP contribution in [0.1, 0.15) is 32.3 Å². The monoisotopic (exact) mass is 318 g/mol. The highest BCUT2D eigenvalue weighted by Crippen LogP contribution is 2.54. The molecule has 7 heteroatoms. The summed E-state index contributed by atoms with van der Waals surface area (Å²) in [5.74, 6) is 0.664. The van der Waals surface area contributed by atoms with Crippen LogP contribution in [0.15, 0.2) is 16.5 Å². The minimum atomic E-state index is -3.61. The predicted molar refractivity (Wildman–Crippen MR) is 78.4 cm³/mol. The van der Waals surface area contributed by atoms with Crippen molar-refractivity contribution in [3.8, 4) is 0 Å². The molecule has 1 atom stereocenters. The maximum atomic E-state index is 12.9. The summed E-state index contributed by atoms with van der Waals surface area (Å²) in [4.78, 5) is 12.2. The van der Waals surface area contributed by atoms with Crippen molar-refractivity contribution >= 4 is 13.6 Å². The van der Waals surface area contributed by atoms with Gasteiger partial charge in [0.05, 0.1) is 19.8 Å². The fourth-order valence-electron chi connectivity index (χ4n) is 1.93.